The van der Waals surface area contributed by atoms with Crippen LogP contribution in [-0.4, -0.2) is 69.1 Å². The van der Waals surface area contributed by atoms with Gasteiger partial charge >= 0.3 is 11.7 Å². The van der Waals surface area contributed by atoms with Gasteiger partial charge in [-0.25, -0.2) is 23.0 Å². The number of H-pyrrole nitrogens is 2. The summed E-state index contributed by atoms with van der Waals surface area (Å²) < 4.78 is 40.1. The molecule has 13 nitrogen and oxygen atoms in total. The summed E-state index contributed by atoms with van der Waals surface area (Å²) in [4.78, 5) is 46.4. The summed E-state index contributed by atoms with van der Waals surface area (Å²) in [6.45, 7) is 3.19. The maximum absolute atomic E-state index is 12.7. The lowest BCUT2D eigenvalue weighted by atomic mass is 10.3. The van der Waals surface area contributed by atoms with Crippen molar-refractivity contribution in [1.29, 1.82) is 0 Å². The van der Waals surface area contributed by atoms with E-state index in [1.54, 1.807) is 7.05 Å². The van der Waals surface area contributed by atoms with Crippen LogP contribution in [0.5, 0.6) is 0 Å². The molecular formula is C20H26N6O7S. The average Bonchev–Trinajstić information content (AvgIpc) is 3.44. The van der Waals surface area contributed by atoms with Crippen molar-refractivity contribution in [2.75, 3.05) is 26.3 Å². The molecule has 0 unspecified atom stereocenters. The Bertz CT molecular complexity index is 1430. The normalized spacial score (nSPS) is 15.1. The van der Waals surface area contributed by atoms with Crippen molar-refractivity contribution in [3.63, 3.8) is 0 Å². The van der Waals surface area contributed by atoms with Crippen molar-refractivity contribution in [1.82, 2.24) is 28.4 Å². The molecule has 1 fully saturated rings. The lowest BCUT2D eigenvalue weighted by Gasteiger charge is -2.25. The number of fused-ring (bicyclic) bond motifs is 1. The predicted molar refractivity (Wildman–Crippen MR) is 120 cm³/mol. The van der Waals surface area contributed by atoms with Crippen LogP contribution in [0.2, 0.25) is 0 Å². The molecule has 0 atom stereocenters. The number of hydrogen-bond donors (Lipinski definition) is 2. The van der Waals surface area contributed by atoms with Gasteiger partial charge in [0.25, 0.3) is 5.56 Å². The van der Waals surface area contributed by atoms with E-state index in [0.717, 1.165) is 12.8 Å². The van der Waals surface area contributed by atoms with Crippen molar-refractivity contribution in [2.24, 2.45) is 7.05 Å². The third-order valence-corrected chi connectivity index (χ3v) is 7.53. The minimum absolute atomic E-state index is 0.0386. The highest BCUT2D eigenvalue weighted by Crippen LogP contribution is 2.19. The monoisotopic (exact) mass is 494 g/mol. The second-order valence-electron chi connectivity index (χ2n) is 7.87. The first-order valence-electron chi connectivity index (χ1n) is 10.9. The van der Waals surface area contributed by atoms with Gasteiger partial charge in [-0.3, -0.25) is 14.3 Å². The lowest BCUT2D eigenvalue weighted by Crippen LogP contribution is -2.40. The first-order chi connectivity index (χ1) is 16.2. The first-order valence-corrected chi connectivity index (χ1v) is 12.3. The van der Waals surface area contributed by atoms with E-state index in [4.69, 9.17) is 9.47 Å². The summed E-state index contributed by atoms with van der Waals surface area (Å²) in [7, 11) is -2.17. The fourth-order valence-corrected chi connectivity index (χ4v) is 5.13. The van der Waals surface area contributed by atoms with Gasteiger partial charge in [-0.1, -0.05) is 13.3 Å². The molecule has 0 spiro atoms. The fourth-order valence-electron chi connectivity index (χ4n) is 3.73. The van der Waals surface area contributed by atoms with Gasteiger partial charge in [0.2, 0.25) is 10.0 Å². The number of esters is 1. The summed E-state index contributed by atoms with van der Waals surface area (Å²) in [5.74, 6) is -0.523. The quantitative estimate of drug-likeness (QED) is 0.411. The third-order valence-electron chi connectivity index (χ3n) is 5.66. The summed E-state index contributed by atoms with van der Waals surface area (Å²) in [6, 6.07) is 1.22. The van der Waals surface area contributed by atoms with E-state index in [1.165, 1.54) is 25.7 Å². The van der Waals surface area contributed by atoms with E-state index in [1.807, 2.05) is 6.92 Å². The molecule has 0 radical (unpaired) electrons. The smallest absolute Gasteiger partial charge is 0.355 e. The number of unbranched alkanes of at least 4 members (excludes halogenated alkanes) is 1. The molecule has 1 saturated heterocycles. The molecule has 0 amide bonds. The number of aromatic amines is 2. The maximum atomic E-state index is 12.7. The zero-order valence-electron chi connectivity index (χ0n) is 18.9. The van der Waals surface area contributed by atoms with E-state index in [9.17, 15) is 22.8 Å². The van der Waals surface area contributed by atoms with Crippen LogP contribution in [0.4, 0.5) is 0 Å². The second kappa shape index (κ2) is 9.56. The van der Waals surface area contributed by atoms with Gasteiger partial charge in [0, 0.05) is 32.9 Å². The molecule has 0 aliphatic carbocycles. The van der Waals surface area contributed by atoms with Crippen molar-refractivity contribution in [3.8, 4) is 0 Å². The molecule has 0 bridgehead atoms. The van der Waals surface area contributed by atoms with Gasteiger partial charge in [-0.05, 0) is 12.5 Å². The topological polar surface area (TPSA) is 161 Å². The highest BCUT2D eigenvalue weighted by Gasteiger charge is 2.28. The van der Waals surface area contributed by atoms with Crippen LogP contribution >= 0.6 is 0 Å². The highest BCUT2D eigenvalue weighted by molar-refractivity contribution is 7.89. The Balaban J connectivity index is 1.53. The lowest BCUT2D eigenvalue weighted by molar-refractivity contribution is 0.0453. The van der Waals surface area contributed by atoms with Crippen LogP contribution < -0.4 is 11.2 Å². The molecule has 3 aromatic heterocycles. The summed E-state index contributed by atoms with van der Waals surface area (Å²) >= 11 is 0. The van der Waals surface area contributed by atoms with Gasteiger partial charge < -0.3 is 19.0 Å². The zero-order valence-corrected chi connectivity index (χ0v) is 19.7. The minimum atomic E-state index is -3.76. The van der Waals surface area contributed by atoms with Gasteiger partial charge in [0.05, 0.1) is 13.2 Å². The van der Waals surface area contributed by atoms with Crippen LogP contribution in [0.1, 0.15) is 36.1 Å². The molecule has 0 saturated carbocycles. The first kappa shape index (κ1) is 23.9. The number of nitrogens with zero attached hydrogens (tertiary/aromatic N) is 4. The molecule has 1 aliphatic rings. The number of carbonyl (C=O) groups excluding carboxylic acids is 1. The van der Waals surface area contributed by atoms with Crippen molar-refractivity contribution >= 4 is 27.2 Å². The largest absolute Gasteiger partial charge is 0.453 e. The van der Waals surface area contributed by atoms with Crippen LogP contribution in [0.15, 0.2) is 26.7 Å². The Morgan fingerprint density at radius 1 is 1.26 bits per heavy atom. The van der Waals surface area contributed by atoms with Crippen LogP contribution in [-0.2, 0) is 39.7 Å². The Hall–Kier alpha value is -3.23. The molecular weight excluding hydrogens is 468 g/mol. The van der Waals surface area contributed by atoms with Crippen molar-refractivity contribution in [2.45, 2.75) is 37.8 Å². The number of nitrogens with one attached hydrogen (secondary N) is 2. The van der Waals surface area contributed by atoms with Crippen molar-refractivity contribution < 1.29 is 22.7 Å². The number of morpholine rings is 1. The average molecular weight is 495 g/mol. The number of aromatic nitrogens is 5. The van der Waals surface area contributed by atoms with Gasteiger partial charge in [-0.2, -0.15) is 4.31 Å². The Morgan fingerprint density at radius 3 is 2.71 bits per heavy atom. The van der Waals surface area contributed by atoms with Gasteiger partial charge in [0.1, 0.15) is 23.0 Å². The van der Waals surface area contributed by atoms with E-state index >= 15 is 0 Å². The minimum Gasteiger partial charge on any atom is -0.453 e. The van der Waals surface area contributed by atoms with Gasteiger partial charge in [-0.15, -0.1) is 0 Å². The predicted octanol–water partition coefficient (Wildman–Crippen LogP) is -0.0706. The van der Waals surface area contributed by atoms with Crippen LogP contribution in [0.3, 0.4) is 0 Å². The highest BCUT2D eigenvalue weighted by atomic mass is 32.2. The molecule has 1 aliphatic heterocycles. The molecule has 4 heterocycles. The number of aryl methyl sites for hydroxylation is 2. The fraction of sp³-hybridized carbons (Fsp3) is 0.500. The molecule has 2 N–H and O–H groups in total. The molecule has 3 aromatic rings. The maximum Gasteiger partial charge on any atom is 0.355 e. The number of sulfonamides is 1. The van der Waals surface area contributed by atoms with E-state index < -0.39 is 27.2 Å². The zero-order chi connectivity index (χ0) is 24.5. The number of rotatable bonds is 8. The standard InChI is InChI=1S/C20H26N6O7S/c1-3-4-5-26-17-16(18(27)23-20(26)29)24(2)15(22-17)12-33-19(28)14-10-13(11-21-14)34(30,31)25-6-8-32-9-7-25/h10-11,21H,3-9,12H2,1-2H3,(H,23,27,29). The second-order valence-corrected chi connectivity index (χ2v) is 9.80. The van der Waals surface area contributed by atoms with Crippen molar-refractivity contribution in [3.05, 3.63) is 44.6 Å². The summed E-state index contributed by atoms with van der Waals surface area (Å²) in [6.07, 6.45) is 2.82. The molecule has 184 valence electrons. The van der Waals surface area contributed by atoms with Crippen LogP contribution in [0.25, 0.3) is 11.2 Å². The van der Waals surface area contributed by atoms with E-state index in [2.05, 4.69) is 15.0 Å². The van der Waals surface area contributed by atoms with Crippen LogP contribution in [0, 0.1) is 0 Å². The number of hydrogen-bond acceptors (Lipinski definition) is 8. The SMILES string of the molecule is CCCCn1c(=O)[nH]c(=O)c2c1nc(COC(=O)c1cc(S(=O)(=O)N3CCOCC3)c[nH]1)n2C. The van der Waals surface area contributed by atoms with E-state index in [-0.39, 0.29) is 47.3 Å². The Labute approximate surface area is 194 Å². The molecule has 34 heavy (non-hydrogen) atoms. The molecule has 0 aromatic carbocycles. The van der Waals surface area contributed by atoms with E-state index in [0.29, 0.717) is 19.8 Å². The Kier molecular flexibility index (Phi) is 6.72. The number of ether oxygens (including phenoxy) is 2. The summed E-state index contributed by atoms with van der Waals surface area (Å²) in [5, 5.41) is 0. The summed E-state index contributed by atoms with van der Waals surface area (Å²) in [5.41, 5.74) is -0.756. The number of imidazole rings is 1. The number of carbonyl (C=O) groups is 1. The third kappa shape index (κ3) is 4.43. The molecule has 4 rings (SSSR count). The molecule has 14 heteroatoms. The van der Waals surface area contributed by atoms with Gasteiger partial charge in [0.15, 0.2) is 11.2 Å². The Morgan fingerprint density at radius 2 is 2.00 bits per heavy atom.